The van der Waals surface area contributed by atoms with Gasteiger partial charge in [-0.15, -0.1) is 6.42 Å². The Hall–Kier alpha value is -2.44. The molecule has 164 valence electrons. The van der Waals surface area contributed by atoms with Crippen molar-refractivity contribution < 1.29 is 14.4 Å². The highest BCUT2D eigenvalue weighted by atomic mass is 79.9. The summed E-state index contributed by atoms with van der Waals surface area (Å²) in [5.74, 6) is 2.88. The van der Waals surface area contributed by atoms with Gasteiger partial charge in [0.25, 0.3) is 5.56 Å². The first kappa shape index (κ1) is 23.2. The number of nitrogens with one attached hydrogen (secondary N) is 1. The highest BCUT2D eigenvalue weighted by molar-refractivity contribution is 9.10. The van der Waals surface area contributed by atoms with E-state index in [1.165, 1.54) is 4.57 Å². The van der Waals surface area contributed by atoms with Crippen molar-refractivity contribution in [3.05, 3.63) is 61.0 Å². The zero-order valence-electron chi connectivity index (χ0n) is 16.6. The van der Waals surface area contributed by atoms with Crippen molar-refractivity contribution in [2.24, 2.45) is 0 Å². The standard InChI is InChI=1S/C20H22BrN4O5P/c1-2-11-25-19(26)17-18(24(20(25)27)12-3-4-13-31(28,29)30)23-16(22-17)10-7-14-5-8-15(21)9-6-14/h1,5-6,8-9H,3-4,7,10-13H2,(H,22,23)(H2,28,29,30). The molecule has 0 radical (unpaired) electrons. The van der Waals surface area contributed by atoms with Gasteiger partial charge in [0.1, 0.15) is 11.3 Å². The number of imidazole rings is 1. The maximum absolute atomic E-state index is 12.8. The smallest absolute Gasteiger partial charge is 0.333 e. The maximum atomic E-state index is 12.8. The van der Waals surface area contributed by atoms with Gasteiger partial charge in [0.2, 0.25) is 0 Å². The first-order valence-electron chi connectivity index (χ1n) is 9.64. The van der Waals surface area contributed by atoms with E-state index in [4.69, 9.17) is 16.2 Å². The summed E-state index contributed by atoms with van der Waals surface area (Å²) in [4.78, 5) is 51.1. The van der Waals surface area contributed by atoms with Gasteiger partial charge in [0, 0.05) is 23.6 Å². The third kappa shape index (κ3) is 5.83. The molecule has 0 saturated heterocycles. The van der Waals surface area contributed by atoms with E-state index in [0.29, 0.717) is 25.1 Å². The molecular weight excluding hydrogens is 487 g/mol. The summed E-state index contributed by atoms with van der Waals surface area (Å²) < 4.78 is 14.3. The second-order valence-corrected chi connectivity index (χ2v) is 9.83. The van der Waals surface area contributed by atoms with Crippen LogP contribution in [0.4, 0.5) is 0 Å². The number of aromatic nitrogens is 4. The lowest BCUT2D eigenvalue weighted by Gasteiger charge is -2.10. The molecule has 0 aliphatic carbocycles. The van der Waals surface area contributed by atoms with Gasteiger partial charge >= 0.3 is 13.3 Å². The average Bonchev–Trinajstić information content (AvgIpc) is 3.13. The fraction of sp³-hybridized carbons (Fsp3) is 0.350. The van der Waals surface area contributed by atoms with Gasteiger partial charge in [-0.1, -0.05) is 34.0 Å². The van der Waals surface area contributed by atoms with Crippen molar-refractivity contribution in [2.75, 3.05) is 6.16 Å². The highest BCUT2D eigenvalue weighted by Crippen LogP contribution is 2.35. The molecule has 0 unspecified atom stereocenters. The van der Waals surface area contributed by atoms with E-state index in [1.807, 2.05) is 24.3 Å². The van der Waals surface area contributed by atoms with Crippen LogP contribution in [0.5, 0.6) is 0 Å². The summed E-state index contributed by atoms with van der Waals surface area (Å²) in [6.45, 7) is -0.0134. The average molecular weight is 509 g/mol. The van der Waals surface area contributed by atoms with Crippen LogP contribution in [-0.4, -0.2) is 35.1 Å². The molecule has 0 atom stereocenters. The molecule has 31 heavy (non-hydrogen) atoms. The molecule has 0 aliphatic rings. The predicted molar refractivity (Wildman–Crippen MR) is 121 cm³/mol. The van der Waals surface area contributed by atoms with Gasteiger partial charge in [-0.2, -0.15) is 0 Å². The van der Waals surface area contributed by atoms with Crippen LogP contribution in [0.2, 0.25) is 0 Å². The second kappa shape index (κ2) is 9.79. The van der Waals surface area contributed by atoms with E-state index in [-0.39, 0.29) is 36.8 Å². The Morgan fingerprint density at radius 2 is 1.84 bits per heavy atom. The summed E-state index contributed by atoms with van der Waals surface area (Å²) in [5.41, 5.74) is 0.397. The topological polar surface area (TPSA) is 130 Å². The van der Waals surface area contributed by atoms with E-state index < -0.39 is 18.8 Å². The van der Waals surface area contributed by atoms with E-state index in [1.54, 1.807) is 0 Å². The number of rotatable bonds is 9. The summed E-state index contributed by atoms with van der Waals surface area (Å²) in [7, 11) is -4.11. The van der Waals surface area contributed by atoms with E-state index in [9.17, 15) is 14.2 Å². The van der Waals surface area contributed by atoms with Gasteiger partial charge in [-0.3, -0.25) is 13.9 Å². The number of nitrogens with zero attached hydrogens (tertiary/aromatic N) is 3. The minimum atomic E-state index is -4.11. The third-order valence-electron chi connectivity index (χ3n) is 4.80. The van der Waals surface area contributed by atoms with Crippen LogP contribution >= 0.6 is 23.5 Å². The summed E-state index contributed by atoms with van der Waals surface area (Å²) in [6, 6.07) is 7.87. The van der Waals surface area contributed by atoms with Crippen LogP contribution < -0.4 is 11.2 Å². The monoisotopic (exact) mass is 508 g/mol. The normalized spacial score (nSPS) is 11.7. The molecule has 3 aromatic rings. The Labute approximate surface area is 186 Å². The Kier molecular flexibility index (Phi) is 7.34. The highest BCUT2D eigenvalue weighted by Gasteiger charge is 2.18. The maximum Gasteiger partial charge on any atom is 0.333 e. The van der Waals surface area contributed by atoms with E-state index >= 15 is 0 Å². The van der Waals surface area contributed by atoms with Crippen LogP contribution in [0.15, 0.2) is 38.3 Å². The number of unbranched alkanes of at least 4 members (excludes halogenated alkanes) is 1. The van der Waals surface area contributed by atoms with Crippen LogP contribution in [0.1, 0.15) is 24.2 Å². The Bertz CT molecular complexity index is 1280. The molecule has 0 saturated carbocycles. The number of halogens is 1. The van der Waals surface area contributed by atoms with Crippen molar-refractivity contribution in [2.45, 2.75) is 38.8 Å². The van der Waals surface area contributed by atoms with Crippen LogP contribution in [0, 0.1) is 12.3 Å². The number of hydrogen-bond acceptors (Lipinski definition) is 4. The van der Waals surface area contributed by atoms with Gasteiger partial charge < -0.3 is 14.8 Å². The minimum Gasteiger partial charge on any atom is -0.336 e. The van der Waals surface area contributed by atoms with Crippen molar-refractivity contribution in [1.29, 1.82) is 0 Å². The molecule has 3 rings (SSSR count). The molecule has 0 fully saturated rings. The molecule has 1 aromatic carbocycles. The van der Waals surface area contributed by atoms with Gasteiger partial charge in [0.05, 0.1) is 6.54 Å². The van der Waals surface area contributed by atoms with Crippen molar-refractivity contribution in [3.63, 3.8) is 0 Å². The minimum absolute atomic E-state index is 0.164. The van der Waals surface area contributed by atoms with Crippen molar-refractivity contribution in [3.8, 4) is 12.3 Å². The number of benzene rings is 1. The molecule has 2 heterocycles. The zero-order chi connectivity index (χ0) is 22.6. The van der Waals surface area contributed by atoms with Gasteiger partial charge in [0.15, 0.2) is 5.65 Å². The first-order chi connectivity index (χ1) is 14.7. The van der Waals surface area contributed by atoms with Crippen molar-refractivity contribution >= 4 is 34.7 Å². The Morgan fingerprint density at radius 3 is 2.48 bits per heavy atom. The molecule has 11 heteroatoms. The fourth-order valence-corrected chi connectivity index (χ4v) is 4.17. The van der Waals surface area contributed by atoms with Crippen LogP contribution in [0.3, 0.4) is 0 Å². The van der Waals surface area contributed by atoms with Gasteiger partial charge in [-0.05, 0) is 37.0 Å². The molecular formula is C20H22BrN4O5P. The lowest BCUT2D eigenvalue weighted by molar-refractivity contribution is 0.370. The number of fused-ring (bicyclic) bond motifs is 1. The molecule has 9 nitrogen and oxygen atoms in total. The molecule has 0 aliphatic heterocycles. The second-order valence-electron chi connectivity index (χ2n) is 7.13. The lowest BCUT2D eigenvalue weighted by Crippen LogP contribution is -2.40. The lowest BCUT2D eigenvalue weighted by atomic mass is 10.1. The zero-order valence-corrected chi connectivity index (χ0v) is 19.1. The molecule has 2 aromatic heterocycles. The van der Waals surface area contributed by atoms with Crippen LogP contribution in [-0.2, 0) is 30.5 Å². The first-order valence-corrected chi connectivity index (χ1v) is 12.2. The van der Waals surface area contributed by atoms with Crippen LogP contribution in [0.25, 0.3) is 11.2 Å². The Morgan fingerprint density at radius 1 is 1.13 bits per heavy atom. The molecule has 0 bridgehead atoms. The Balaban J connectivity index is 1.91. The van der Waals surface area contributed by atoms with Crippen molar-refractivity contribution in [1.82, 2.24) is 19.1 Å². The number of aromatic amines is 1. The third-order valence-corrected chi connectivity index (χ3v) is 6.23. The van der Waals surface area contributed by atoms with E-state index in [0.717, 1.165) is 14.6 Å². The largest absolute Gasteiger partial charge is 0.336 e. The molecule has 3 N–H and O–H groups in total. The summed E-state index contributed by atoms with van der Waals surface area (Å²) >= 11 is 3.40. The molecule has 0 spiro atoms. The number of aryl methyl sites for hydroxylation is 3. The van der Waals surface area contributed by atoms with E-state index in [2.05, 4.69) is 31.8 Å². The summed E-state index contributed by atoms with van der Waals surface area (Å²) in [6.07, 6.45) is 6.85. The number of hydrogen-bond donors (Lipinski definition) is 3. The summed E-state index contributed by atoms with van der Waals surface area (Å²) in [5, 5.41) is 0. The molecule has 0 amide bonds. The quantitative estimate of drug-likeness (QED) is 0.230. The number of terminal acetylenes is 1. The predicted octanol–water partition coefficient (Wildman–Crippen LogP) is 2.03. The number of H-pyrrole nitrogens is 1. The SMILES string of the molecule is C#CCn1c(=O)c2[nH]c(CCc3ccc(Br)cc3)nc2n(CCCCP(=O)(O)O)c1=O. The van der Waals surface area contributed by atoms with Gasteiger partial charge in [-0.25, -0.2) is 14.3 Å². The fourth-order valence-electron chi connectivity index (χ4n) is 3.27.